The fourth-order valence-corrected chi connectivity index (χ4v) is 0.632. The summed E-state index contributed by atoms with van der Waals surface area (Å²) in [5, 5.41) is 0. The van der Waals surface area contributed by atoms with E-state index in [4.69, 9.17) is 15.8 Å². The third-order valence-electron chi connectivity index (χ3n) is 1.28. The Hall–Kier alpha value is 0.680. The first-order valence-corrected chi connectivity index (χ1v) is 5.75. The molecule has 0 aliphatic carbocycles. The number of rotatable bonds is 2. The van der Waals surface area contributed by atoms with E-state index in [-0.39, 0.29) is 0 Å². The molecule has 0 aromatic heterocycles. The molecule has 50 valence electrons. The normalized spacial score (nSPS) is 18.8. The van der Waals surface area contributed by atoms with Gasteiger partial charge in [-0.15, -0.1) is 0 Å². The zero-order valence-corrected chi connectivity index (χ0v) is 7.46. The smallest absolute Gasteiger partial charge is 0.223 e. The second kappa shape index (κ2) is 3.00. The highest BCUT2D eigenvalue weighted by Crippen LogP contribution is 2.64. The predicted molar refractivity (Wildman–Crippen MR) is 40.8 cm³/mol. The highest BCUT2D eigenvalue weighted by atomic mass is 35.7. The summed E-state index contributed by atoms with van der Waals surface area (Å²) in [6.45, 7) is 4.60. The molecule has 0 aromatic rings. The predicted octanol–water partition coefficient (Wildman–Crippen LogP) is 2.76. The maximum atomic E-state index is 5.94. The van der Waals surface area contributed by atoms with Gasteiger partial charge in [0.2, 0.25) is 6.84 Å². The summed E-state index contributed by atoms with van der Waals surface area (Å²) in [4.78, 5) is 0. The van der Waals surface area contributed by atoms with Crippen LogP contribution in [0, 0.1) is 0 Å². The minimum absolute atomic E-state index is 0.467. The highest BCUT2D eigenvalue weighted by Gasteiger charge is 2.34. The maximum Gasteiger partial charge on any atom is 0.242 e. The molecule has 0 aliphatic rings. The fourth-order valence-electron chi connectivity index (χ4n) is 0.211. The molecule has 1 unspecified atom stereocenters. The highest BCUT2D eigenvalue weighted by molar-refractivity contribution is 7.95. The molecule has 0 heterocycles. The van der Waals surface area contributed by atoms with Gasteiger partial charge in [-0.1, -0.05) is 0 Å². The van der Waals surface area contributed by atoms with Gasteiger partial charge in [-0.05, 0) is 13.8 Å². The summed E-state index contributed by atoms with van der Waals surface area (Å²) in [6.07, 6.45) is 0. The fraction of sp³-hybridized carbons (Fsp3) is 1.00. The van der Waals surface area contributed by atoms with Crippen molar-refractivity contribution < 1.29 is 4.52 Å². The molecule has 0 bridgehead atoms. The van der Waals surface area contributed by atoms with Crippen molar-refractivity contribution in [2.75, 3.05) is 13.8 Å². The van der Waals surface area contributed by atoms with Crippen molar-refractivity contribution in [3.05, 3.63) is 0 Å². The maximum absolute atomic E-state index is 5.94. The largest absolute Gasteiger partial charge is 0.242 e. The van der Waals surface area contributed by atoms with Crippen LogP contribution in [-0.4, -0.2) is 19.4 Å². The van der Waals surface area contributed by atoms with Crippen LogP contribution in [0.4, 0.5) is 0 Å². The van der Waals surface area contributed by atoms with Gasteiger partial charge in [0.15, 0.2) is 0 Å². The third-order valence-corrected chi connectivity index (χ3v) is 5.42. The lowest BCUT2D eigenvalue weighted by atomic mass is 10.6. The number of hydrogen-bond donors (Lipinski definition) is 0. The van der Waals surface area contributed by atoms with E-state index in [0.29, 0.717) is 5.66 Å². The SMILES string of the molecule is CO[P+](C)(Cl)C(C)C. The molecule has 0 saturated heterocycles. The Morgan fingerprint density at radius 3 is 1.88 bits per heavy atom. The van der Waals surface area contributed by atoms with Crippen LogP contribution in [0.2, 0.25) is 0 Å². The Kier molecular flexibility index (Phi) is 3.26. The van der Waals surface area contributed by atoms with Crippen LogP contribution in [0.3, 0.4) is 0 Å². The lowest BCUT2D eigenvalue weighted by Crippen LogP contribution is -1.99. The van der Waals surface area contributed by atoms with Crippen LogP contribution in [-0.2, 0) is 4.52 Å². The lowest BCUT2D eigenvalue weighted by Gasteiger charge is -2.12. The van der Waals surface area contributed by atoms with E-state index in [1.807, 2.05) is 6.66 Å². The van der Waals surface area contributed by atoms with Gasteiger partial charge in [0, 0.05) is 0 Å². The summed E-state index contributed by atoms with van der Waals surface area (Å²) in [5.74, 6) is 0. The van der Waals surface area contributed by atoms with Crippen molar-refractivity contribution in [3.8, 4) is 0 Å². The number of hydrogen-bond acceptors (Lipinski definition) is 1. The first kappa shape index (κ1) is 8.68. The average molecular weight is 156 g/mol. The third kappa shape index (κ3) is 2.30. The van der Waals surface area contributed by atoms with Gasteiger partial charge >= 0.3 is 0 Å². The van der Waals surface area contributed by atoms with E-state index in [1.54, 1.807) is 7.11 Å². The summed E-state index contributed by atoms with van der Waals surface area (Å²) in [7, 11) is 1.67. The van der Waals surface area contributed by atoms with Gasteiger partial charge in [0.05, 0.1) is 13.8 Å². The molecule has 0 saturated carbocycles. The van der Waals surface area contributed by atoms with Crippen molar-refractivity contribution in [1.29, 1.82) is 0 Å². The molecule has 0 amide bonds. The Morgan fingerprint density at radius 1 is 1.50 bits per heavy atom. The quantitative estimate of drug-likeness (QED) is 0.558. The Morgan fingerprint density at radius 2 is 1.88 bits per heavy atom. The van der Waals surface area contributed by atoms with Crippen LogP contribution in [0.1, 0.15) is 13.8 Å². The Balaban J connectivity index is 3.71. The lowest BCUT2D eigenvalue weighted by molar-refractivity contribution is 0.454. The molecule has 3 heteroatoms. The minimum atomic E-state index is -1.52. The van der Waals surface area contributed by atoms with Crippen molar-refractivity contribution in [1.82, 2.24) is 0 Å². The van der Waals surface area contributed by atoms with Crippen LogP contribution < -0.4 is 0 Å². The summed E-state index contributed by atoms with van der Waals surface area (Å²) < 4.78 is 5.08. The van der Waals surface area contributed by atoms with Crippen molar-refractivity contribution in [2.45, 2.75) is 19.5 Å². The molecule has 8 heavy (non-hydrogen) atoms. The molecule has 0 radical (unpaired) electrons. The van der Waals surface area contributed by atoms with Gasteiger partial charge in [-0.2, -0.15) is 0 Å². The summed E-state index contributed by atoms with van der Waals surface area (Å²) >= 11 is 5.94. The van der Waals surface area contributed by atoms with Crippen molar-refractivity contribution >= 4 is 18.1 Å². The second-order valence-corrected chi connectivity index (χ2v) is 7.33. The van der Waals surface area contributed by atoms with Crippen molar-refractivity contribution in [2.24, 2.45) is 0 Å². The summed E-state index contributed by atoms with van der Waals surface area (Å²) in [5.41, 5.74) is 0.467. The topological polar surface area (TPSA) is 9.23 Å². The molecule has 0 aliphatic heterocycles. The van der Waals surface area contributed by atoms with Crippen molar-refractivity contribution in [3.63, 3.8) is 0 Å². The molecule has 1 atom stereocenters. The van der Waals surface area contributed by atoms with E-state index < -0.39 is 6.84 Å². The van der Waals surface area contributed by atoms with Crippen LogP contribution in [0.25, 0.3) is 0 Å². The zero-order chi connectivity index (χ0) is 6.78. The van der Waals surface area contributed by atoms with Gasteiger partial charge in [-0.25, -0.2) is 4.52 Å². The molecular formula is C5H13ClOP+. The Labute approximate surface area is 56.6 Å². The molecule has 0 aromatic carbocycles. The van der Waals surface area contributed by atoms with Gasteiger partial charge < -0.3 is 0 Å². The van der Waals surface area contributed by atoms with E-state index in [0.717, 1.165) is 0 Å². The molecule has 0 N–H and O–H groups in total. The van der Waals surface area contributed by atoms with Gasteiger partial charge in [0.25, 0.3) is 0 Å². The van der Waals surface area contributed by atoms with E-state index >= 15 is 0 Å². The minimum Gasteiger partial charge on any atom is -0.223 e. The number of halogens is 1. The molecule has 1 nitrogen and oxygen atoms in total. The van der Waals surface area contributed by atoms with Gasteiger partial charge in [-0.3, -0.25) is 0 Å². The van der Waals surface area contributed by atoms with E-state index in [2.05, 4.69) is 13.8 Å². The standard InChI is InChI=1S/C5H13ClOP/c1-5(2)8(4,6)7-3/h5H,1-4H3/q+1. The van der Waals surface area contributed by atoms with E-state index in [9.17, 15) is 0 Å². The average Bonchev–Trinajstić information content (AvgIpc) is 1.67. The van der Waals surface area contributed by atoms with Crippen LogP contribution in [0.5, 0.6) is 0 Å². The molecule has 0 rings (SSSR count). The van der Waals surface area contributed by atoms with Crippen LogP contribution >= 0.6 is 18.1 Å². The van der Waals surface area contributed by atoms with E-state index in [1.165, 1.54) is 0 Å². The first-order valence-electron chi connectivity index (χ1n) is 2.62. The monoisotopic (exact) mass is 155 g/mol. The Bertz CT molecular complexity index is 72.8. The molecule has 0 fully saturated rings. The van der Waals surface area contributed by atoms with Crippen LogP contribution in [0.15, 0.2) is 0 Å². The molecular weight excluding hydrogens is 142 g/mol. The first-order chi connectivity index (χ1) is 3.50. The second-order valence-electron chi connectivity index (χ2n) is 2.16. The zero-order valence-electron chi connectivity index (χ0n) is 5.81. The summed E-state index contributed by atoms with van der Waals surface area (Å²) in [6, 6.07) is 0. The van der Waals surface area contributed by atoms with Gasteiger partial charge in [0.1, 0.15) is 16.9 Å². The molecule has 0 spiro atoms.